The summed E-state index contributed by atoms with van der Waals surface area (Å²) < 4.78 is 4.63. The molecule has 0 aromatic heterocycles. The molecule has 0 aliphatic carbocycles. The van der Waals surface area contributed by atoms with Gasteiger partial charge in [-0.15, -0.1) is 6.42 Å². The van der Waals surface area contributed by atoms with E-state index in [2.05, 4.69) is 21.3 Å². The monoisotopic (exact) mass is 300 g/mol. The van der Waals surface area contributed by atoms with Crippen molar-refractivity contribution in [2.75, 3.05) is 20.2 Å². The molecular weight excluding hydrogens is 268 g/mol. The van der Waals surface area contributed by atoms with Gasteiger partial charge in [0, 0.05) is 6.54 Å². The molecule has 0 rings (SSSR count). The first-order chi connectivity index (χ1) is 10.1. The van der Waals surface area contributed by atoms with E-state index < -0.39 is 6.09 Å². The van der Waals surface area contributed by atoms with E-state index in [1.165, 1.54) is 0 Å². The summed E-state index contributed by atoms with van der Waals surface area (Å²) in [6, 6.07) is -0.0941. The van der Waals surface area contributed by atoms with Crippen molar-refractivity contribution in [1.82, 2.24) is 10.6 Å². The van der Waals surface area contributed by atoms with Gasteiger partial charge in [0.05, 0.1) is 6.04 Å². The van der Waals surface area contributed by atoms with Crippen molar-refractivity contribution in [3.8, 4) is 12.3 Å². The van der Waals surface area contributed by atoms with Crippen molar-refractivity contribution < 1.29 is 14.3 Å². The SMILES string of the molecule is C#CCOC(=O)NCCCCC(NC)C(C)=O.CC.CC. The number of ether oxygens (including phenoxy) is 1. The van der Waals surface area contributed by atoms with Gasteiger partial charge in [-0.05, 0) is 33.2 Å². The van der Waals surface area contributed by atoms with Crippen molar-refractivity contribution in [2.24, 2.45) is 0 Å². The van der Waals surface area contributed by atoms with Crippen molar-refractivity contribution in [2.45, 2.75) is 59.9 Å². The molecule has 0 aliphatic heterocycles. The molecule has 0 aromatic carbocycles. The van der Waals surface area contributed by atoms with Gasteiger partial charge in [-0.3, -0.25) is 4.79 Å². The minimum atomic E-state index is -0.500. The van der Waals surface area contributed by atoms with Crippen LogP contribution in [0.2, 0.25) is 0 Å². The molecule has 1 unspecified atom stereocenters. The van der Waals surface area contributed by atoms with E-state index >= 15 is 0 Å². The second-order valence-corrected chi connectivity index (χ2v) is 3.65. The van der Waals surface area contributed by atoms with Crippen molar-refractivity contribution >= 4 is 11.9 Å². The zero-order valence-corrected chi connectivity index (χ0v) is 14.4. The Hall–Kier alpha value is -1.54. The van der Waals surface area contributed by atoms with Crippen molar-refractivity contribution in [1.29, 1.82) is 0 Å². The summed E-state index contributed by atoms with van der Waals surface area (Å²) in [5.74, 6) is 2.34. The number of carbonyl (C=O) groups is 2. The topological polar surface area (TPSA) is 67.4 Å². The number of rotatable bonds is 8. The van der Waals surface area contributed by atoms with Gasteiger partial charge in [0.15, 0.2) is 6.61 Å². The van der Waals surface area contributed by atoms with Gasteiger partial charge in [0.25, 0.3) is 0 Å². The number of likely N-dealkylation sites (N-methyl/N-ethyl adjacent to an activating group) is 1. The molecule has 0 aliphatic rings. The number of nitrogens with one attached hydrogen (secondary N) is 2. The van der Waals surface area contributed by atoms with E-state index in [9.17, 15) is 9.59 Å². The molecule has 0 aromatic rings. The summed E-state index contributed by atoms with van der Waals surface area (Å²) in [4.78, 5) is 22.1. The number of terminal acetylenes is 1. The average Bonchev–Trinajstić information content (AvgIpc) is 2.52. The Morgan fingerprint density at radius 1 is 1.19 bits per heavy atom. The molecule has 0 fully saturated rings. The van der Waals surface area contributed by atoms with E-state index in [0.29, 0.717) is 6.54 Å². The van der Waals surface area contributed by atoms with E-state index in [0.717, 1.165) is 19.3 Å². The van der Waals surface area contributed by atoms with Gasteiger partial charge in [0.1, 0.15) is 5.78 Å². The first-order valence-electron chi connectivity index (χ1n) is 7.63. The van der Waals surface area contributed by atoms with Crippen LogP contribution in [0, 0.1) is 12.3 Å². The first-order valence-corrected chi connectivity index (χ1v) is 7.63. The van der Waals surface area contributed by atoms with Crippen LogP contribution in [0.25, 0.3) is 0 Å². The molecule has 0 spiro atoms. The normalized spacial score (nSPS) is 9.76. The highest BCUT2D eigenvalue weighted by molar-refractivity contribution is 5.81. The fourth-order valence-electron chi connectivity index (χ4n) is 1.37. The molecule has 21 heavy (non-hydrogen) atoms. The largest absolute Gasteiger partial charge is 0.436 e. The Bertz CT molecular complexity index is 286. The molecule has 5 nitrogen and oxygen atoms in total. The summed E-state index contributed by atoms with van der Waals surface area (Å²) in [5.41, 5.74) is 0. The quantitative estimate of drug-likeness (QED) is 0.534. The minimum absolute atomic E-state index is 0.0159. The van der Waals surface area contributed by atoms with Gasteiger partial charge in [0.2, 0.25) is 0 Å². The lowest BCUT2D eigenvalue weighted by Gasteiger charge is -2.12. The Morgan fingerprint density at radius 3 is 2.19 bits per heavy atom. The predicted octanol–water partition coefficient (Wildman–Crippen LogP) is 2.75. The lowest BCUT2D eigenvalue weighted by molar-refractivity contribution is -0.119. The third-order valence-corrected chi connectivity index (χ3v) is 2.31. The zero-order chi connectivity index (χ0) is 17.1. The van der Waals surface area contributed by atoms with Gasteiger partial charge in [-0.2, -0.15) is 0 Å². The number of ketones is 1. The number of amides is 1. The highest BCUT2D eigenvalue weighted by atomic mass is 16.5. The summed E-state index contributed by atoms with van der Waals surface area (Å²) >= 11 is 0. The van der Waals surface area contributed by atoms with Crippen LogP contribution in [-0.4, -0.2) is 38.1 Å². The van der Waals surface area contributed by atoms with Crippen LogP contribution in [0.5, 0.6) is 0 Å². The van der Waals surface area contributed by atoms with Gasteiger partial charge in [-0.1, -0.05) is 33.6 Å². The molecule has 1 amide bonds. The molecule has 1 atom stereocenters. The van der Waals surface area contributed by atoms with Crippen LogP contribution in [-0.2, 0) is 9.53 Å². The molecule has 0 radical (unpaired) electrons. The fourth-order valence-corrected chi connectivity index (χ4v) is 1.37. The summed E-state index contributed by atoms with van der Waals surface area (Å²) in [7, 11) is 1.77. The first kappa shape index (κ1) is 24.5. The maximum Gasteiger partial charge on any atom is 0.408 e. The van der Waals surface area contributed by atoms with Crippen LogP contribution >= 0.6 is 0 Å². The molecule has 0 saturated heterocycles. The van der Waals surface area contributed by atoms with Crippen LogP contribution in [0.15, 0.2) is 0 Å². The lowest BCUT2D eigenvalue weighted by Crippen LogP contribution is -2.32. The van der Waals surface area contributed by atoms with Crippen molar-refractivity contribution in [3.05, 3.63) is 0 Å². The summed E-state index contributed by atoms with van der Waals surface area (Å²) in [5, 5.41) is 5.52. The molecule has 0 heterocycles. The van der Waals surface area contributed by atoms with Crippen LogP contribution in [0.3, 0.4) is 0 Å². The molecule has 0 saturated carbocycles. The number of hydrogen-bond donors (Lipinski definition) is 2. The maximum absolute atomic E-state index is 11.1. The minimum Gasteiger partial charge on any atom is -0.436 e. The van der Waals surface area contributed by atoms with Gasteiger partial charge >= 0.3 is 6.09 Å². The van der Waals surface area contributed by atoms with Crippen LogP contribution in [0.1, 0.15) is 53.9 Å². The fraction of sp³-hybridized carbons (Fsp3) is 0.750. The Labute approximate surface area is 130 Å². The van der Waals surface area contributed by atoms with E-state index in [1.807, 2.05) is 27.7 Å². The van der Waals surface area contributed by atoms with Crippen LogP contribution < -0.4 is 10.6 Å². The predicted molar refractivity (Wildman–Crippen MR) is 88.3 cm³/mol. The third kappa shape index (κ3) is 18.5. The zero-order valence-electron chi connectivity index (χ0n) is 14.4. The molecule has 2 N–H and O–H groups in total. The standard InChI is InChI=1S/C12H20N2O3.2C2H6/c1-4-9-17-12(16)14-8-6-5-7-11(13-3)10(2)15;2*1-2/h1,11,13H,5-9H2,2-3H3,(H,14,16);2*1-2H3. The summed E-state index contributed by atoms with van der Waals surface area (Å²) in [6.07, 6.45) is 6.87. The smallest absolute Gasteiger partial charge is 0.408 e. The second kappa shape index (κ2) is 20.8. The highest BCUT2D eigenvalue weighted by Gasteiger charge is 2.10. The Kier molecular flexibility index (Phi) is 24.2. The van der Waals surface area contributed by atoms with E-state index in [1.54, 1.807) is 14.0 Å². The van der Waals surface area contributed by atoms with E-state index in [-0.39, 0.29) is 18.4 Å². The van der Waals surface area contributed by atoms with Crippen molar-refractivity contribution in [3.63, 3.8) is 0 Å². The molecule has 124 valence electrons. The van der Waals surface area contributed by atoms with Gasteiger partial charge in [-0.25, -0.2) is 4.79 Å². The van der Waals surface area contributed by atoms with E-state index in [4.69, 9.17) is 6.42 Å². The lowest BCUT2D eigenvalue weighted by atomic mass is 10.1. The van der Waals surface area contributed by atoms with Gasteiger partial charge < -0.3 is 15.4 Å². The Balaban J connectivity index is -0.000000739. The number of alkyl carbamates (subject to hydrolysis) is 1. The Morgan fingerprint density at radius 2 is 1.76 bits per heavy atom. The molecule has 0 bridgehead atoms. The molecule has 5 heteroatoms. The average molecular weight is 300 g/mol. The maximum atomic E-state index is 11.1. The summed E-state index contributed by atoms with van der Waals surface area (Å²) in [6.45, 7) is 10.1. The third-order valence-electron chi connectivity index (χ3n) is 2.31. The highest BCUT2D eigenvalue weighted by Crippen LogP contribution is 2.01. The molecular formula is C16H32N2O3. The van der Waals surface area contributed by atoms with Crippen LogP contribution in [0.4, 0.5) is 4.79 Å². The number of hydrogen-bond acceptors (Lipinski definition) is 4. The number of carbonyl (C=O) groups excluding carboxylic acids is 2. The second-order valence-electron chi connectivity index (χ2n) is 3.65. The number of Topliss-reactive ketones (excluding diaryl/α,β-unsaturated/α-hetero) is 1. The number of unbranched alkanes of at least 4 members (excludes halogenated alkanes) is 1.